The number of rotatable bonds is 8. The average molecular weight is 565 g/mol. The molecule has 0 N–H and O–H groups in total. The maximum absolute atomic E-state index is 2.76. The van der Waals surface area contributed by atoms with Crippen LogP contribution in [0.15, 0.2) is 84.9 Å². The summed E-state index contributed by atoms with van der Waals surface area (Å²) in [5.74, 6) is 1.41. The molecule has 5 rings (SSSR count). The normalized spacial score (nSPS) is 22.7. The van der Waals surface area contributed by atoms with Crippen LogP contribution in [0.1, 0.15) is 103 Å². The number of likely N-dealkylation sites (tertiary alicyclic amines) is 2. The van der Waals surface area contributed by atoms with E-state index in [0.717, 1.165) is 13.1 Å². The highest BCUT2D eigenvalue weighted by atomic mass is 15.3. The molecule has 2 nitrogen and oxygen atoms in total. The maximum Gasteiger partial charge on any atom is 0.0244 e. The molecule has 0 radical (unpaired) electrons. The van der Waals surface area contributed by atoms with Gasteiger partial charge >= 0.3 is 0 Å². The van der Waals surface area contributed by atoms with E-state index >= 15 is 0 Å². The van der Waals surface area contributed by atoms with Crippen molar-refractivity contribution < 1.29 is 0 Å². The Hall–Kier alpha value is -2.42. The van der Waals surface area contributed by atoms with Gasteiger partial charge in [-0.2, -0.15) is 0 Å². The van der Waals surface area contributed by atoms with Crippen molar-refractivity contribution in [3.8, 4) is 0 Å². The fraction of sp³-hybridized carbons (Fsp3) is 0.550. The van der Waals surface area contributed by atoms with Gasteiger partial charge in [0.05, 0.1) is 0 Å². The summed E-state index contributed by atoms with van der Waals surface area (Å²) in [6, 6.07) is 31.7. The number of piperidine rings is 2. The second kappa shape index (κ2) is 11.9. The van der Waals surface area contributed by atoms with Crippen LogP contribution in [-0.4, -0.2) is 32.0 Å². The third kappa shape index (κ3) is 7.20. The highest BCUT2D eigenvalue weighted by molar-refractivity contribution is 5.26. The van der Waals surface area contributed by atoms with E-state index in [2.05, 4.69) is 150 Å². The first-order valence-corrected chi connectivity index (χ1v) is 16.4. The van der Waals surface area contributed by atoms with Crippen molar-refractivity contribution in [3.05, 3.63) is 107 Å². The zero-order chi connectivity index (χ0) is 30.2. The molecule has 42 heavy (non-hydrogen) atoms. The van der Waals surface area contributed by atoms with Crippen LogP contribution in [0.4, 0.5) is 0 Å². The van der Waals surface area contributed by atoms with Crippen molar-refractivity contribution >= 4 is 0 Å². The smallest absolute Gasteiger partial charge is 0.0244 e. The quantitative estimate of drug-likeness (QED) is 0.269. The Kier molecular flexibility index (Phi) is 8.81. The lowest BCUT2D eigenvalue weighted by Crippen LogP contribution is -2.60. The van der Waals surface area contributed by atoms with E-state index in [-0.39, 0.29) is 22.2 Å². The Morgan fingerprint density at radius 2 is 0.762 bits per heavy atom. The third-order valence-corrected chi connectivity index (χ3v) is 10.5. The first-order chi connectivity index (χ1) is 19.7. The van der Waals surface area contributed by atoms with Crippen molar-refractivity contribution in [1.82, 2.24) is 9.80 Å². The highest BCUT2D eigenvalue weighted by Crippen LogP contribution is 2.45. The Labute approximate surface area is 257 Å². The van der Waals surface area contributed by atoms with Gasteiger partial charge in [-0.05, 0) is 128 Å². The molecule has 3 aromatic carbocycles. The Morgan fingerprint density at radius 1 is 0.452 bits per heavy atom. The predicted octanol–water partition coefficient (Wildman–Crippen LogP) is 9.71. The average Bonchev–Trinajstić information content (AvgIpc) is 2.89. The molecule has 0 bridgehead atoms. The van der Waals surface area contributed by atoms with Crippen molar-refractivity contribution in [3.63, 3.8) is 0 Å². The molecule has 0 spiro atoms. The van der Waals surface area contributed by atoms with E-state index in [4.69, 9.17) is 0 Å². The molecule has 2 aliphatic rings. The van der Waals surface area contributed by atoms with Crippen molar-refractivity contribution in [1.29, 1.82) is 0 Å². The largest absolute Gasteiger partial charge is 0.289 e. The number of hydrogen-bond donors (Lipinski definition) is 0. The van der Waals surface area contributed by atoms with E-state index < -0.39 is 0 Å². The summed E-state index contributed by atoms with van der Waals surface area (Å²) < 4.78 is 0. The predicted molar refractivity (Wildman–Crippen MR) is 180 cm³/mol. The molecule has 0 aromatic heterocycles. The Morgan fingerprint density at radius 3 is 1.10 bits per heavy atom. The van der Waals surface area contributed by atoms with E-state index in [0.29, 0.717) is 11.8 Å². The summed E-state index contributed by atoms with van der Waals surface area (Å²) in [7, 11) is 0. The standard InChI is InChI=1S/C40H56N2/c1-37(2)25-35(26-38(3,4)41(37)29-31-16-11-9-12-17-31)23-33-20-15-21-34(22-33)24-36-27-39(5,6)42(40(7,8)28-36)30-32-18-13-10-14-19-32/h9-22,35-36H,23-30H2,1-8H3. The number of benzene rings is 3. The summed E-state index contributed by atoms with van der Waals surface area (Å²) in [4.78, 5) is 5.52. The fourth-order valence-corrected chi connectivity index (χ4v) is 9.28. The minimum Gasteiger partial charge on any atom is -0.289 e. The fourth-order valence-electron chi connectivity index (χ4n) is 9.28. The molecular weight excluding hydrogens is 508 g/mol. The number of nitrogens with zero attached hydrogens (tertiary/aromatic N) is 2. The van der Waals surface area contributed by atoms with Crippen LogP contribution < -0.4 is 0 Å². The van der Waals surface area contributed by atoms with Crippen LogP contribution in [0, 0.1) is 11.8 Å². The molecule has 0 amide bonds. The van der Waals surface area contributed by atoms with Gasteiger partial charge in [-0.15, -0.1) is 0 Å². The van der Waals surface area contributed by atoms with E-state index in [1.54, 1.807) is 0 Å². The van der Waals surface area contributed by atoms with Crippen molar-refractivity contribution in [2.75, 3.05) is 0 Å². The molecule has 0 unspecified atom stereocenters. The molecule has 226 valence electrons. The van der Waals surface area contributed by atoms with Crippen LogP contribution in [0.2, 0.25) is 0 Å². The molecule has 2 fully saturated rings. The lowest BCUT2D eigenvalue weighted by atomic mass is 9.71. The molecule has 0 aliphatic carbocycles. The first-order valence-electron chi connectivity index (χ1n) is 16.4. The molecular formula is C40H56N2. The molecule has 2 heterocycles. The van der Waals surface area contributed by atoms with Crippen LogP contribution >= 0.6 is 0 Å². The van der Waals surface area contributed by atoms with Gasteiger partial charge in [-0.1, -0.05) is 84.9 Å². The monoisotopic (exact) mass is 564 g/mol. The van der Waals surface area contributed by atoms with Crippen LogP contribution in [-0.2, 0) is 25.9 Å². The summed E-state index contributed by atoms with van der Waals surface area (Å²) in [6.45, 7) is 21.8. The van der Waals surface area contributed by atoms with Crippen molar-refractivity contribution in [2.45, 2.75) is 129 Å². The Balaban J connectivity index is 1.24. The zero-order valence-electron chi connectivity index (χ0n) is 27.8. The summed E-state index contributed by atoms with van der Waals surface area (Å²) >= 11 is 0. The van der Waals surface area contributed by atoms with Gasteiger partial charge in [-0.25, -0.2) is 0 Å². The van der Waals surface area contributed by atoms with Gasteiger partial charge in [0.25, 0.3) is 0 Å². The van der Waals surface area contributed by atoms with Gasteiger partial charge in [0.1, 0.15) is 0 Å². The Bertz CT molecular complexity index is 1170. The topological polar surface area (TPSA) is 6.48 Å². The molecule has 2 heteroatoms. The SMILES string of the molecule is CC1(C)CC(Cc2cccc(CC3CC(C)(C)N(Cc4ccccc4)C(C)(C)C3)c2)CC(C)(C)N1Cc1ccccc1. The molecule has 0 atom stereocenters. The third-order valence-electron chi connectivity index (χ3n) is 10.5. The minimum atomic E-state index is 0.171. The summed E-state index contributed by atoms with van der Waals surface area (Å²) in [5, 5.41) is 0. The number of hydrogen-bond acceptors (Lipinski definition) is 2. The van der Waals surface area contributed by atoms with E-state index in [9.17, 15) is 0 Å². The molecule has 2 aliphatic heterocycles. The second-order valence-corrected chi connectivity index (χ2v) is 16.2. The van der Waals surface area contributed by atoms with Crippen LogP contribution in [0.5, 0.6) is 0 Å². The van der Waals surface area contributed by atoms with E-state index in [1.165, 1.54) is 60.8 Å². The summed E-state index contributed by atoms with van der Waals surface area (Å²) in [5.41, 5.74) is 6.58. The first kappa shape index (κ1) is 31.0. The zero-order valence-corrected chi connectivity index (χ0v) is 27.8. The molecule has 2 saturated heterocycles. The summed E-state index contributed by atoms with van der Waals surface area (Å²) in [6.07, 6.45) is 7.36. The van der Waals surface area contributed by atoms with E-state index in [1.807, 2.05) is 0 Å². The second-order valence-electron chi connectivity index (χ2n) is 16.2. The van der Waals surface area contributed by atoms with Gasteiger partial charge in [-0.3, -0.25) is 9.80 Å². The lowest BCUT2D eigenvalue weighted by Gasteiger charge is -2.56. The lowest BCUT2D eigenvalue weighted by molar-refractivity contribution is -0.0580. The van der Waals surface area contributed by atoms with Crippen molar-refractivity contribution in [2.24, 2.45) is 11.8 Å². The van der Waals surface area contributed by atoms with Gasteiger partial charge in [0.2, 0.25) is 0 Å². The maximum atomic E-state index is 2.76. The van der Waals surface area contributed by atoms with Gasteiger partial charge in [0, 0.05) is 35.2 Å². The van der Waals surface area contributed by atoms with Gasteiger partial charge < -0.3 is 0 Å². The molecule has 0 saturated carbocycles. The molecule has 3 aromatic rings. The minimum absolute atomic E-state index is 0.171. The highest BCUT2D eigenvalue weighted by Gasteiger charge is 2.46. The van der Waals surface area contributed by atoms with Gasteiger partial charge in [0.15, 0.2) is 0 Å². The van der Waals surface area contributed by atoms with Crippen LogP contribution in [0.3, 0.4) is 0 Å². The van der Waals surface area contributed by atoms with Crippen LogP contribution in [0.25, 0.3) is 0 Å².